The van der Waals surface area contributed by atoms with Crippen LogP contribution in [0.1, 0.15) is 69.6 Å². The second kappa shape index (κ2) is 17.1. The maximum absolute atomic E-state index is 13.6. The Labute approximate surface area is 271 Å². The van der Waals surface area contributed by atoms with E-state index in [1.807, 2.05) is 91.0 Å². The minimum absolute atomic E-state index is 0.0257. The van der Waals surface area contributed by atoms with Gasteiger partial charge in [0.05, 0.1) is 13.2 Å². The molecule has 5 N–H and O–H groups in total. The minimum atomic E-state index is -1.04. The van der Waals surface area contributed by atoms with E-state index >= 15 is 0 Å². The second-order valence-electron chi connectivity index (χ2n) is 12.1. The van der Waals surface area contributed by atoms with Crippen molar-refractivity contribution in [2.24, 2.45) is 5.73 Å². The SMILES string of the molecule is COC(=O)[C@@H](CCCCNC(=O)OC(C)(C)C)NC(=O)[C@H](N)CCC(=O)NC(c1ccccc1)(c1ccccc1)c1ccccc1. The summed E-state index contributed by atoms with van der Waals surface area (Å²) in [7, 11) is 1.24. The number of hydrogen-bond donors (Lipinski definition) is 4. The van der Waals surface area contributed by atoms with Crippen LogP contribution in [0.3, 0.4) is 0 Å². The van der Waals surface area contributed by atoms with Crippen LogP contribution >= 0.6 is 0 Å². The van der Waals surface area contributed by atoms with Gasteiger partial charge in [0.2, 0.25) is 11.8 Å². The number of hydrogen-bond acceptors (Lipinski definition) is 7. The lowest BCUT2D eigenvalue weighted by molar-refractivity contribution is -0.145. The minimum Gasteiger partial charge on any atom is -0.467 e. The fourth-order valence-electron chi connectivity index (χ4n) is 5.12. The Balaban J connectivity index is 1.63. The Hall–Kier alpha value is -4.70. The van der Waals surface area contributed by atoms with Gasteiger partial charge in [-0.1, -0.05) is 91.0 Å². The van der Waals surface area contributed by atoms with Gasteiger partial charge in [-0.15, -0.1) is 0 Å². The van der Waals surface area contributed by atoms with Gasteiger partial charge in [-0.3, -0.25) is 9.59 Å². The van der Waals surface area contributed by atoms with E-state index in [4.69, 9.17) is 15.2 Å². The molecule has 0 spiro atoms. The van der Waals surface area contributed by atoms with Crippen LogP contribution in [0.15, 0.2) is 91.0 Å². The Morgan fingerprint density at radius 2 is 1.26 bits per heavy atom. The average molecular weight is 631 g/mol. The second-order valence-corrected chi connectivity index (χ2v) is 12.1. The molecule has 2 atom stereocenters. The number of nitrogens with one attached hydrogen (secondary N) is 3. The van der Waals surface area contributed by atoms with Crippen LogP contribution in [0.4, 0.5) is 4.79 Å². The van der Waals surface area contributed by atoms with Crippen molar-refractivity contribution in [3.05, 3.63) is 108 Å². The first-order valence-corrected chi connectivity index (χ1v) is 15.5. The number of rotatable bonds is 15. The monoisotopic (exact) mass is 630 g/mol. The van der Waals surface area contributed by atoms with Crippen LogP contribution in [0.5, 0.6) is 0 Å². The number of carbonyl (C=O) groups is 4. The van der Waals surface area contributed by atoms with Gasteiger partial charge in [0.25, 0.3) is 0 Å². The Morgan fingerprint density at radius 3 is 1.72 bits per heavy atom. The highest BCUT2D eigenvalue weighted by Crippen LogP contribution is 2.36. The summed E-state index contributed by atoms with van der Waals surface area (Å²) < 4.78 is 10.1. The molecule has 10 nitrogen and oxygen atoms in total. The van der Waals surface area contributed by atoms with E-state index in [2.05, 4.69) is 16.0 Å². The molecule has 3 aromatic carbocycles. The van der Waals surface area contributed by atoms with Crippen LogP contribution < -0.4 is 21.7 Å². The molecule has 0 saturated carbocycles. The molecule has 0 bridgehead atoms. The third-order valence-electron chi connectivity index (χ3n) is 7.36. The molecule has 0 unspecified atom stereocenters. The molecule has 0 aliphatic rings. The van der Waals surface area contributed by atoms with Crippen LogP contribution in [-0.2, 0) is 29.4 Å². The van der Waals surface area contributed by atoms with Crippen molar-refractivity contribution in [2.75, 3.05) is 13.7 Å². The highest BCUT2D eigenvalue weighted by molar-refractivity contribution is 5.88. The molecule has 3 amide bonds. The molecule has 3 aromatic rings. The summed E-state index contributed by atoms with van der Waals surface area (Å²) in [6.07, 6.45) is 0.875. The van der Waals surface area contributed by atoms with E-state index in [0.29, 0.717) is 19.4 Å². The van der Waals surface area contributed by atoms with Crippen molar-refractivity contribution in [3.63, 3.8) is 0 Å². The van der Waals surface area contributed by atoms with Crippen molar-refractivity contribution >= 4 is 23.9 Å². The molecule has 46 heavy (non-hydrogen) atoms. The number of nitrogens with two attached hydrogens (primary N) is 1. The molecule has 3 rings (SSSR count). The lowest BCUT2D eigenvalue weighted by Crippen LogP contribution is -2.50. The number of benzene rings is 3. The van der Waals surface area contributed by atoms with E-state index in [0.717, 1.165) is 16.7 Å². The lowest BCUT2D eigenvalue weighted by atomic mass is 9.77. The maximum Gasteiger partial charge on any atom is 0.407 e. The van der Waals surface area contributed by atoms with Crippen molar-refractivity contribution < 1.29 is 28.7 Å². The van der Waals surface area contributed by atoms with Crippen molar-refractivity contribution in [1.82, 2.24) is 16.0 Å². The molecule has 0 aliphatic carbocycles. The van der Waals surface area contributed by atoms with Gasteiger partial charge in [0.1, 0.15) is 17.2 Å². The maximum atomic E-state index is 13.6. The molecule has 10 heteroatoms. The molecule has 0 aliphatic heterocycles. The Bertz CT molecular complexity index is 1310. The number of alkyl carbamates (subject to hydrolysis) is 1. The molecular weight excluding hydrogens is 584 g/mol. The largest absolute Gasteiger partial charge is 0.467 e. The first-order valence-electron chi connectivity index (χ1n) is 15.5. The van der Waals surface area contributed by atoms with Gasteiger partial charge >= 0.3 is 12.1 Å². The number of amides is 3. The molecule has 0 aromatic heterocycles. The highest BCUT2D eigenvalue weighted by Gasteiger charge is 2.38. The van der Waals surface area contributed by atoms with Crippen LogP contribution in [0, 0.1) is 0 Å². The zero-order chi connectivity index (χ0) is 33.6. The van der Waals surface area contributed by atoms with Gasteiger partial charge < -0.3 is 31.2 Å². The lowest BCUT2D eigenvalue weighted by Gasteiger charge is -2.37. The first-order chi connectivity index (χ1) is 22.0. The first kappa shape index (κ1) is 35.8. The van der Waals surface area contributed by atoms with Gasteiger partial charge in [-0.2, -0.15) is 0 Å². The normalized spacial score (nSPS) is 12.7. The summed E-state index contributed by atoms with van der Waals surface area (Å²) in [5.41, 5.74) is 7.26. The van der Waals surface area contributed by atoms with Gasteiger partial charge in [0.15, 0.2) is 0 Å². The Kier molecular flexibility index (Phi) is 13.3. The molecule has 0 fully saturated rings. The number of unbranched alkanes of at least 4 members (excludes halogenated alkanes) is 1. The summed E-state index contributed by atoms with van der Waals surface area (Å²) >= 11 is 0. The number of methoxy groups -OCH3 is 1. The predicted octanol–water partition coefficient (Wildman–Crippen LogP) is 4.56. The van der Waals surface area contributed by atoms with Crippen LogP contribution in [0.25, 0.3) is 0 Å². The van der Waals surface area contributed by atoms with Crippen LogP contribution in [0.2, 0.25) is 0 Å². The van der Waals surface area contributed by atoms with E-state index in [-0.39, 0.29) is 25.2 Å². The van der Waals surface area contributed by atoms with Gasteiger partial charge in [0, 0.05) is 13.0 Å². The van der Waals surface area contributed by atoms with Crippen molar-refractivity contribution in [1.29, 1.82) is 0 Å². The zero-order valence-electron chi connectivity index (χ0n) is 27.1. The summed E-state index contributed by atoms with van der Waals surface area (Å²) in [6.45, 7) is 5.68. The molecule has 0 heterocycles. The van der Waals surface area contributed by atoms with Crippen molar-refractivity contribution in [2.45, 2.75) is 76.1 Å². The van der Waals surface area contributed by atoms with Gasteiger partial charge in [-0.05, 0) is 63.1 Å². The quantitative estimate of drug-likeness (QED) is 0.109. The van der Waals surface area contributed by atoms with E-state index in [1.165, 1.54) is 7.11 Å². The van der Waals surface area contributed by atoms with Gasteiger partial charge in [-0.25, -0.2) is 9.59 Å². The summed E-state index contributed by atoms with van der Waals surface area (Å²) in [5, 5.41) is 8.60. The molecule has 246 valence electrons. The number of esters is 1. The fraction of sp³-hybridized carbons (Fsp3) is 0.389. The van der Waals surface area contributed by atoms with Crippen molar-refractivity contribution in [3.8, 4) is 0 Å². The predicted molar refractivity (Wildman–Crippen MR) is 177 cm³/mol. The summed E-state index contributed by atoms with van der Waals surface area (Å²) in [4.78, 5) is 50.8. The topological polar surface area (TPSA) is 149 Å². The third kappa shape index (κ3) is 10.4. The fourth-order valence-corrected chi connectivity index (χ4v) is 5.12. The zero-order valence-corrected chi connectivity index (χ0v) is 27.1. The molecule has 0 saturated heterocycles. The van der Waals surface area contributed by atoms with E-state index in [1.54, 1.807) is 20.8 Å². The standard InChI is InChI=1S/C36H46N4O6/c1-35(2,3)46-34(44)38-25-15-14-22-30(33(43)45-4)39-32(42)29(37)23-24-31(41)40-36(26-16-8-5-9-17-26,27-18-10-6-11-19-27)28-20-12-7-13-21-28/h5-13,16-21,29-30H,14-15,22-25,37H2,1-4H3,(H,38,44)(H,39,42)(H,40,41)/t29-,30-/m1/s1. The molecule has 0 radical (unpaired) electrons. The smallest absolute Gasteiger partial charge is 0.407 e. The average Bonchev–Trinajstić information content (AvgIpc) is 3.05. The summed E-state index contributed by atoms with van der Waals surface area (Å²) in [5.74, 6) is -1.45. The van der Waals surface area contributed by atoms with Crippen LogP contribution in [-0.4, -0.2) is 55.2 Å². The molecular formula is C36H46N4O6. The highest BCUT2D eigenvalue weighted by atomic mass is 16.6. The van der Waals surface area contributed by atoms with E-state index < -0.39 is 41.2 Å². The van der Waals surface area contributed by atoms with E-state index in [9.17, 15) is 19.2 Å². The Morgan fingerprint density at radius 1 is 0.761 bits per heavy atom. The third-order valence-corrected chi connectivity index (χ3v) is 7.36. The number of ether oxygens (including phenoxy) is 2. The number of carbonyl (C=O) groups excluding carboxylic acids is 4. The summed E-state index contributed by atoms with van der Waals surface area (Å²) in [6, 6.07) is 27.2.